The van der Waals surface area contributed by atoms with Crippen LogP contribution in [0.5, 0.6) is 0 Å². The quantitative estimate of drug-likeness (QED) is 0.683. The van der Waals surface area contributed by atoms with E-state index >= 15 is 0 Å². The monoisotopic (exact) mass is 150 g/mol. The molecule has 11 heavy (non-hydrogen) atoms. The Morgan fingerprint density at radius 1 is 1.27 bits per heavy atom. The molecular weight excluding hydrogens is 136 g/mol. The second kappa shape index (κ2) is 3.98. The number of nitrogens with two attached hydrogens (primary N) is 1. The Morgan fingerprint density at radius 3 is 2.45 bits per heavy atom. The molecule has 0 saturated carbocycles. The van der Waals surface area contributed by atoms with Crippen molar-refractivity contribution in [2.24, 2.45) is 5.73 Å². The van der Waals surface area contributed by atoms with Gasteiger partial charge in [0.05, 0.1) is 0 Å². The molecule has 0 saturated heterocycles. The molecule has 0 fully saturated rings. The van der Waals surface area contributed by atoms with E-state index in [4.69, 9.17) is 5.73 Å². The van der Waals surface area contributed by atoms with Gasteiger partial charge in [-0.1, -0.05) is 17.7 Å². The summed E-state index contributed by atoms with van der Waals surface area (Å²) in [5, 5.41) is 3.20. The molecule has 2 nitrogen and oxygen atoms in total. The average Bonchev–Trinajstić information content (AvgIpc) is 2.04. The minimum Gasteiger partial charge on any atom is -0.384 e. The summed E-state index contributed by atoms with van der Waals surface area (Å²) in [4.78, 5) is 0. The van der Waals surface area contributed by atoms with Gasteiger partial charge in [0.2, 0.25) is 0 Å². The van der Waals surface area contributed by atoms with Crippen LogP contribution in [0.15, 0.2) is 24.3 Å². The van der Waals surface area contributed by atoms with E-state index in [1.54, 1.807) is 0 Å². The zero-order valence-corrected chi connectivity index (χ0v) is 6.80. The third-order valence-corrected chi connectivity index (χ3v) is 1.53. The summed E-state index contributed by atoms with van der Waals surface area (Å²) in [7, 11) is 0. The molecule has 3 N–H and O–H groups in total. The summed E-state index contributed by atoms with van der Waals surface area (Å²) in [6.45, 7) is 3.59. The number of anilines is 1. The lowest BCUT2D eigenvalue weighted by molar-refractivity contribution is 1.02. The highest BCUT2D eigenvalue weighted by atomic mass is 14.9. The molecule has 0 unspecified atom stereocenters. The molecule has 0 atom stereocenters. The molecule has 0 aliphatic heterocycles. The van der Waals surface area contributed by atoms with Crippen LogP contribution in [0.4, 0.5) is 5.69 Å². The molecule has 0 radical (unpaired) electrons. The smallest absolute Gasteiger partial charge is 0.0340 e. The van der Waals surface area contributed by atoms with E-state index < -0.39 is 0 Å². The predicted octanol–water partition coefficient (Wildman–Crippen LogP) is 1.37. The summed E-state index contributed by atoms with van der Waals surface area (Å²) >= 11 is 0. The minimum atomic E-state index is 0.674. The summed E-state index contributed by atoms with van der Waals surface area (Å²) in [5.41, 5.74) is 7.76. The van der Waals surface area contributed by atoms with Crippen molar-refractivity contribution < 1.29 is 0 Å². The highest BCUT2D eigenvalue weighted by Gasteiger charge is 1.87. The van der Waals surface area contributed by atoms with Crippen LogP contribution >= 0.6 is 0 Å². The van der Waals surface area contributed by atoms with Crippen LogP contribution in [0.1, 0.15) is 5.56 Å². The van der Waals surface area contributed by atoms with Crippen LogP contribution in [0.3, 0.4) is 0 Å². The highest BCUT2D eigenvalue weighted by Crippen LogP contribution is 2.07. The Kier molecular flexibility index (Phi) is 2.93. The van der Waals surface area contributed by atoms with Crippen LogP contribution < -0.4 is 11.1 Å². The van der Waals surface area contributed by atoms with Crippen molar-refractivity contribution in [3.63, 3.8) is 0 Å². The number of hydrogen-bond donors (Lipinski definition) is 2. The third kappa shape index (κ3) is 2.60. The fourth-order valence-electron chi connectivity index (χ4n) is 0.888. The Morgan fingerprint density at radius 2 is 1.91 bits per heavy atom. The second-order valence-electron chi connectivity index (χ2n) is 2.58. The number of benzene rings is 1. The van der Waals surface area contributed by atoms with E-state index in [-0.39, 0.29) is 0 Å². The van der Waals surface area contributed by atoms with Gasteiger partial charge in [0, 0.05) is 18.8 Å². The third-order valence-electron chi connectivity index (χ3n) is 1.53. The molecule has 1 rings (SSSR count). The van der Waals surface area contributed by atoms with Gasteiger partial charge in [-0.25, -0.2) is 0 Å². The van der Waals surface area contributed by atoms with E-state index in [9.17, 15) is 0 Å². The summed E-state index contributed by atoms with van der Waals surface area (Å²) in [6, 6.07) is 8.29. The van der Waals surface area contributed by atoms with Crippen LogP contribution in [-0.4, -0.2) is 13.1 Å². The van der Waals surface area contributed by atoms with Gasteiger partial charge in [0.15, 0.2) is 0 Å². The molecule has 1 aromatic carbocycles. The van der Waals surface area contributed by atoms with Crippen LogP contribution in [-0.2, 0) is 0 Å². The van der Waals surface area contributed by atoms with Gasteiger partial charge in [-0.05, 0) is 19.1 Å². The molecule has 0 amide bonds. The molecule has 2 heteroatoms. The Labute approximate surface area is 67.4 Å². The van der Waals surface area contributed by atoms with Crippen molar-refractivity contribution in [3.05, 3.63) is 29.8 Å². The molecule has 0 aromatic heterocycles. The Balaban J connectivity index is 2.52. The normalized spacial score (nSPS) is 9.64. The molecule has 0 heterocycles. The molecule has 1 aromatic rings. The lowest BCUT2D eigenvalue weighted by Crippen LogP contribution is -2.12. The van der Waals surface area contributed by atoms with Crippen molar-refractivity contribution in [1.82, 2.24) is 0 Å². The van der Waals surface area contributed by atoms with Crippen LogP contribution in [0, 0.1) is 6.92 Å². The molecule has 0 bridgehead atoms. The first-order chi connectivity index (χ1) is 5.33. The Hall–Kier alpha value is -1.02. The van der Waals surface area contributed by atoms with Crippen molar-refractivity contribution in [2.45, 2.75) is 6.92 Å². The van der Waals surface area contributed by atoms with Gasteiger partial charge >= 0.3 is 0 Å². The van der Waals surface area contributed by atoms with Gasteiger partial charge in [-0.3, -0.25) is 0 Å². The maximum absolute atomic E-state index is 5.34. The lowest BCUT2D eigenvalue weighted by Gasteiger charge is -2.03. The van der Waals surface area contributed by atoms with Crippen LogP contribution in [0.2, 0.25) is 0 Å². The van der Waals surface area contributed by atoms with E-state index in [0.717, 1.165) is 12.2 Å². The van der Waals surface area contributed by atoms with Crippen molar-refractivity contribution in [3.8, 4) is 0 Å². The summed E-state index contributed by atoms with van der Waals surface area (Å²) in [5.74, 6) is 0. The fourth-order valence-corrected chi connectivity index (χ4v) is 0.888. The zero-order chi connectivity index (χ0) is 8.10. The van der Waals surface area contributed by atoms with Gasteiger partial charge < -0.3 is 11.1 Å². The lowest BCUT2D eigenvalue weighted by atomic mass is 10.2. The first-order valence-corrected chi connectivity index (χ1v) is 3.83. The summed E-state index contributed by atoms with van der Waals surface area (Å²) in [6.07, 6.45) is 0. The average molecular weight is 150 g/mol. The van der Waals surface area contributed by atoms with E-state index in [2.05, 4.69) is 36.5 Å². The molecule has 0 spiro atoms. The van der Waals surface area contributed by atoms with Gasteiger partial charge in [-0.15, -0.1) is 0 Å². The van der Waals surface area contributed by atoms with Crippen LogP contribution in [0.25, 0.3) is 0 Å². The topological polar surface area (TPSA) is 38.0 Å². The van der Waals surface area contributed by atoms with Crippen molar-refractivity contribution >= 4 is 5.69 Å². The second-order valence-corrected chi connectivity index (χ2v) is 2.58. The number of nitrogens with one attached hydrogen (secondary N) is 1. The molecule has 0 aliphatic rings. The molecule has 0 aliphatic carbocycles. The van der Waals surface area contributed by atoms with E-state index in [1.165, 1.54) is 5.56 Å². The number of hydrogen-bond acceptors (Lipinski definition) is 2. The fraction of sp³-hybridized carbons (Fsp3) is 0.333. The maximum Gasteiger partial charge on any atom is 0.0340 e. The zero-order valence-electron chi connectivity index (χ0n) is 6.80. The maximum atomic E-state index is 5.34. The van der Waals surface area contributed by atoms with Gasteiger partial charge in [-0.2, -0.15) is 0 Å². The first-order valence-electron chi connectivity index (χ1n) is 3.83. The predicted molar refractivity (Wildman–Crippen MR) is 48.7 cm³/mol. The SMILES string of the molecule is Cc1ccc(NCCN)cc1. The molecular formula is C9H14N2. The number of aryl methyl sites for hydroxylation is 1. The molecule has 60 valence electrons. The number of rotatable bonds is 3. The van der Waals surface area contributed by atoms with Gasteiger partial charge in [0.1, 0.15) is 0 Å². The van der Waals surface area contributed by atoms with Crippen molar-refractivity contribution in [2.75, 3.05) is 18.4 Å². The van der Waals surface area contributed by atoms with E-state index in [0.29, 0.717) is 6.54 Å². The Bertz CT molecular complexity index is 203. The standard InChI is InChI=1S/C9H14N2/c1-8-2-4-9(5-3-8)11-7-6-10/h2-5,11H,6-7,10H2,1H3. The largest absolute Gasteiger partial charge is 0.384 e. The van der Waals surface area contributed by atoms with Gasteiger partial charge in [0.25, 0.3) is 0 Å². The first kappa shape index (κ1) is 8.08. The minimum absolute atomic E-state index is 0.674. The van der Waals surface area contributed by atoms with E-state index in [1.807, 2.05) is 0 Å². The highest BCUT2D eigenvalue weighted by molar-refractivity contribution is 5.44. The van der Waals surface area contributed by atoms with Crippen molar-refractivity contribution in [1.29, 1.82) is 0 Å². The summed E-state index contributed by atoms with van der Waals surface area (Å²) < 4.78 is 0.